The van der Waals surface area contributed by atoms with Gasteiger partial charge in [-0.1, -0.05) is 0 Å². The molecule has 0 radical (unpaired) electrons. The van der Waals surface area contributed by atoms with Crippen molar-refractivity contribution in [3.8, 4) is 17.2 Å². The van der Waals surface area contributed by atoms with E-state index in [1.807, 2.05) is 58.0 Å². The first-order valence-corrected chi connectivity index (χ1v) is 13.8. The molecule has 216 valence electrons. The average Bonchev–Trinajstić information content (AvgIpc) is 3.35. The Balaban J connectivity index is 1.09. The van der Waals surface area contributed by atoms with E-state index in [2.05, 4.69) is 0 Å². The second kappa shape index (κ2) is 8.64. The van der Waals surface area contributed by atoms with Crippen LogP contribution in [-0.4, -0.2) is 42.6 Å². The molecule has 2 aromatic carbocycles. The summed E-state index contributed by atoms with van der Waals surface area (Å²) >= 11 is 0. The first-order valence-electron chi connectivity index (χ1n) is 13.8. The van der Waals surface area contributed by atoms with Gasteiger partial charge in [0.15, 0.2) is 22.5 Å². The molecule has 3 aliphatic rings. The molecule has 8 rings (SSSR count). The molecule has 2 fully saturated rings. The molecule has 42 heavy (non-hydrogen) atoms. The summed E-state index contributed by atoms with van der Waals surface area (Å²) in [6.07, 6.45) is 6.18. The van der Waals surface area contributed by atoms with Gasteiger partial charge >= 0.3 is 11.6 Å². The van der Waals surface area contributed by atoms with Crippen LogP contribution < -0.4 is 19.8 Å². The van der Waals surface area contributed by atoms with Gasteiger partial charge in [0.25, 0.3) is 0 Å². The second-order valence-electron chi connectivity index (χ2n) is 11.9. The zero-order valence-electron chi connectivity index (χ0n) is 23.4. The van der Waals surface area contributed by atoms with E-state index in [0.29, 0.717) is 46.0 Å². The Kier molecular flexibility index (Phi) is 5.23. The summed E-state index contributed by atoms with van der Waals surface area (Å²) in [6, 6.07) is 10.6. The Hall–Kier alpha value is -4.25. The molecular weight excluding hydrogens is 544 g/mol. The SMILES string of the molecule is CC1(C)O[C@H]1COc1c2c(cc3ccoc13)C=C[C@@]1(O2)O[C@@H](COc2c3occc3cc3ccc(=O)oc23)C(C)(C)O1. The Morgan fingerprint density at radius 3 is 2.14 bits per heavy atom. The van der Waals surface area contributed by atoms with Crippen LogP contribution in [0.2, 0.25) is 0 Å². The molecule has 1 spiro atoms. The van der Waals surface area contributed by atoms with Crippen molar-refractivity contribution in [3.05, 3.63) is 71.0 Å². The number of furan rings is 2. The topological polar surface area (TPSA) is 115 Å². The number of benzene rings is 2. The van der Waals surface area contributed by atoms with E-state index in [9.17, 15) is 4.79 Å². The fourth-order valence-corrected chi connectivity index (χ4v) is 5.59. The maximum absolute atomic E-state index is 12.0. The molecule has 0 bridgehead atoms. The maximum atomic E-state index is 12.0. The van der Waals surface area contributed by atoms with Crippen LogP contribution >= 0.6 is 0 Å². The van der Waals surface area contributed by atoms with E-state index >= 15 is 0 Å². The molecule has 0 aliphatic carbocycles. The lowest BCUT2D eigenvalue weighted by molar-refractivity contribution is -0.271. The number of hydrogen-bond donors (Lipinski definition) is 0. The molecule has 3 aliphatic heterocycles. The van der Waals surface area contributed by atoms with Crippen molar-refractivity contribution in [2.24, 2.45) is 0 Å². The van der Waals surface area contributed by atoms with Gasteiger partial charge in [-0.25, -0.2) is 4.79 Å². The lowest BCUT2D eigenvalue weighted by atomic mass is 10.0. The lowest BCUT2D eigenvalue weighted by Crippen LogP contribution is -2.39. The van der Waals surface area contributed by atoms with Gasteiger partial charge in [-0.05, 0) is 64.1 Å². The van der Waals surface area contributed by atoms with Gasteiger partial charge in [0.2, 0.25) is 11.5 Å². The number of rotatable bonds is 6. The minimum Gasteiger partial charge on any atom is -0.483 e. The van der Waals surface area contributed by atoms with Gasteiger partial charge in [-0.3, -0.25) is 0 Å². The van der Waals surface area contributed by atoms with E-state index < -0.39 is 23.3 Å². The number of ether oxygens (including phenoxy) is 6. The van der Waals surface area contributed by atoms with Crippen molar-refractivity contribution in [3.63, 3.8) is 0 Å². The third-order valence-corrected chi connectivity index (χ3v) is 8.09. The molecule has 5 aromatic rings. The first kappa shape index (κ1) is 25.5. The summed E-state index contributed by atoms with van der Waals surface area (Å²) in [5.41, 5.74) is 0.576. The van der Waals surface area contributed by atoms with Gasteiger partial charge in [-0.15, -0.1) is 0 Å². The Morgan fingerprint density at radius 1 is 0.762 bits per heavy atom. The lowest BCUT2D eigenvalue weighted by Gasteiger charge is -2.31. The third-order valence-electron chi connectivity index (χ3n) is 8.09. The number of epoxide rings is 1. The molecule has 10 heteroatoms. The summed E-state index contributed by atoms with van der Waals surface area (Å²) in [5, 5.41) is 2.41. The van der Waals surface area contributed by atoms with Gasteiger partial charge < -0.3 is 41.7 Å². The summed E-state index contributed by atoms with van der Waals surface area (Å²) in [4.78, 5) is 12.0. The fourth-order valence-electron chi connectivity index (χ4n) is 5.59. The fraction of sp³-hybridized carbons (Fsp3) is 0.344. The van der Waals surface area contributed by atoms with E-state index in [1.165, 1.54) is 6.07 Å². The van der Waals surface area contributed by atoms with Crippen LogP contribution in [0.5, 0.6) is 17.2 Å². The van der Waals surface area contributed by atoms with Crippen LogP contribution in [0.4, 0.5) is 0 Å². The highest BCUT2D eigenvalue weighted by molar-refractivity contribution is 6.00. The molecule has 0 saturated carbocycles. The number of hydrogen-bond acceptors (Lipinski definition) is 10. The average molecular weight is 573 g/mol. The van der Waals surface area contributed by atoms with E-state index in [1.54, 1.807) is 24.7 Å². The molecule has 0 unspecified atom stereocenters. The zero-order valence-corrected chi connectivity index (χ0v) is 23.4. The van der Waals surface area contributed by atoms with Crippen LogP contribution in [-0.2, 0) is 14.2 Å². The Bertz CT molecular complexity index is 1960. The Labute approximate surface area is 239 Å². The van der Waals surface area contributed by atoms with E-state index in [0.717, 1.165) is 16.3 Å². The van der Waals surface area contributed by atoms with Crippen molar-refractivity contribution < 1.29 is 41.7 Å². The predicted octanol–water partition coefficient (Wildman–Crippen LogP) is 6.17. The van der Waals surface area contributed by atoms with E-state index in [-0.39, 0.29) is 18.3 Å². The smallest absolute Gasteiger partial charge is 0.350 e. The van der Waals surface area contributed by atoms with Crippen LogP contribution in [0.25, 0.3) is 39.0 Å². The highest BCUT2D eigenvalue weighted by Crippen LogP contribution is 2.49. The van der Waals surface area contributed by atoms with Crippen molar-refractivity contribution in [2.45, 2.75) is 57.1 Å². The minimum atomic E-state index is -1.54. The monoisotopic (exact) mass is 572 g/mol. The molecule has 0 amide bonds. The quantitative estimate of drug-likeness (QED) is 0.173. The minimum absolute atomic E-state index is 0.0370. The zero-order chi connectivity index (χ0) is 28.9. The largest absolute Gasteiger partial charge is 0.483 e. The van der Waals surface area contributed by atoms with Gasteiger partial charge in [0.1, 0.15) is 25.4 Å². The summed E-state index contributed by atoms with van der Waals surface area (Å²) in [7, 11) is 0. The highest BCUT2D eigenvalue weighted by Gasteiger charge is 2.55. The Morgan fingerprint density at radius 2 is 1.40 bits per heavy atom. The molecule has 2 saturated heterocycles. The molecule has 10 nitrogen and oxygen atoms in total. The summed E-state index contributed by atoms with van der Waals surface area (Å²) < 4.78 is 54.5. The van der Waals surface area contributed by atoms with Crippen molar-refractivity contribution >= 4 is 39.0 Å². The maximum Gasteiger partial charge on any atom is 0.350 e. The molecule has 3 atom stereocenters. The third kappa shape index (κ3) is 4.01. The molecular formula is C32H28O10. The molecule has 0 N–H and O–H groups in total. The van der Waals surface area contributed by atoms with Crippen molar-refractivity contribution in [1.29, 1.82) is 0 Å². The standard InChI is InChI=1S/C32H28O10/c1-30(2)21(39-30)15-37-29-25-20(9-12-35-25)14-18-7-10-32(41-27(18)29)40-22(31(3,4)42-32)16-36-28-24-19(8-11-34-24)13-17-5-6-23(33)38-26(17)28/h5-14,21-22H,15-16H2,1-4H3/t21-,22-,32-/m0/s1. The summed E-state index contributed by atoms with van der Waals surface area (Å²) in [6.45, 7) is 8.23. The highest BCUT2D eigenvalue weighted by atomic mass is 16.9. The normalized spacial score (nSPS) is 25.2. The van der Waals surface area contributed by atoms with Crippen LogP contribution in [0.1, 0.15) is 33.3 Å². The number of fused-ring (bicyclic) bond motifs is 4. The van der Waals surface area contributed by atoms with Crippen LogP contribution in [0.15, 0.2) is 73.0 Å². The first-order chi connectivity index (χ1) is 20.1. The van der Waals surface area contributed by atoms with Gasteiger partial charge in [0, 0.05) is 33.9 Å². The molecule has 6 heterocycles. The van der Waals surface area contributed by atoms with Crippen molar-refractivity contribution in [2.75, 3.05) is 13.2 Å². The van der Waals surface area contributed by atoms with Crippen LogP contribution in [0.3, 0.4) is 0 Å². The predicted molar refractivity (Wildman–Crippen MR) is 151 cm³/mol. The van der Waals surface area contributed by atoms with E-state index in [4.69, 9.17) is 41.7 Å². The van der Waals surface area contributed by atoms with Crippen molar-refractivity contribution in [1.82, 2.24) is 0 Å². The summed E-state index contributed by atoms with van der Waals surface area (Å²) in [5.74, 6) is -0.317. The van der Waals surface area contributed by atoms with Gasteiger partial charge in [0.05, 0.1) is 23.7 Å². The molecule has 3 aromatic heterocycles. The van der Waals surface area contributed by atoms with Gasteiger partial charge in [-0.2, -0.15) is 0 Å². The second-order valence-corrected chi connectivity index (χ2v) is 11.9. The van der Waals surface area contributed by atoms with Crippen LogP contribution in [0, 0.1) is 0 Å².